The molecule has 4 rings (SSSR count). The summed E-state index contributed by atoms with van der Waals surface area (Å²) in [5, 5.41) is 2.58. The lowest BCUT2D eigenvalue weighted by molar-refractivity contribution is 0.647. The summed E-state index contributed by atoms with van der Waals surface area (Å²) in [6.45, 7) is 6.44. The Balaban J connectivity index is 1.86. The van der Waals surface area contributed by atoms with E-state index < -0.39 is 0 Å². The molecule has 0 N–H and O–H groups in total. The summed E-state index contributed by atoms with van der Waals surface area (Å²) in [5.74, 6) is 0. The summed E-state index contributed by atoms with van der Waals surface area (Å²) in [7, 11) is 0. The number of allylic oxidation sites excluding steroid dienone is 1. The van der Waals surface area contributed by atoms with Gasteiger partial charge in [0.2, 0.25) is 0 Å². The van der Waals surface area contributed by atoms with Crippen LogP contribution < -0.4 is 0 Å². The molecule has 0 aliphatic carbocycles. The Bertz CT molecular complexity index is 770. The highest BCUT2D eigenvalue weighted by molar-refractivity contribution is 8.17. The molecule has 2 aromatic rings. The number of thioether (sulfide) groups is 1. The zero-order chi connectivity index (χ0) is 14.4. The van der Waals surface area contributed by atoms with Gasteiger partial charge in [0.05, 0.1) is 17.1 Å². The van der Waals surface area contributed by atoms with Crippen LogP contribution >= 0.6 is 23.1 Å². The van der Waals surface area contributed by atoms with E-state index in [2.05, 4.69) is 48.0 Å². The van der Waals surface area contributed by atoms with E-state index in [1.807, 2.05) is 23.1 Å². The third-order valence-electron chi connectivity index (χ3n) is 4.00. The number of benzene rings is 1. The molecule has 4 heteroatoms. The quantitative estimate of drug-likeness (QED) is 0.783. The van der Waals surface area contributed by atoms with E-state index in [1.165, 1.54) is 42.7 Å². The van der Waals surface area contributed by atoms with Crippen LogP contribution in [0.4, 0.5) is 0 Å². The van der Waals surface area contributed by atoms with E-state index in [9.17, 15) is 0 Å². The average molecular weight is 314 g/mol. The van der Waals surface area contributed by atoms with Crippen LogP contribution in [0.25, 0.3) is 15.8 Å². The molecule has 3 heterocycles. The molecule has 0 saturated heterocycles. The first-order valence-corrected chi connectivity index (χ1v) is 9.13. The van der Waals surface area contributed by atoms with E-state index in [-0.39, 0.29) is 0 Å². The number of amidine groups is 1. The molecule has 0 unspecified atom stereocenters. The molecule has 0 bridgehead atoms. The predicted octanol–water partition coefficient (Wildman–Crippen LogP) is 5.10. The van der Waals surface area contributed by atoms with E-state index in [0.717, 1.165) is 19.5 Å². The van der Waals surface area contributed by atoms with Gasteiger partial charge in [-0.3, -0.25) is 4.99 Å². The molecule has 2 aliphatic rings. The number of thiophene rings is 1. The minimum absolute atomic E-state index is 0.940. The number of rotatable bonds is 3. The molecule has 0 saturated carbocycles. The Labute approximate surface area is 133 Å². The van der Waals surface area contributed by atoms with Crippen LogP contribution in [-0.4, -0.2) is 23.2 Å². The van der Waals surface area contributed by atoms with Gasteiger partial charge >= 0.3 is 0 Å². The molecule has 2 nitrogen and oxygen atoms in total. The second-order valence-corrected chi connectivity index (χ2v) is 7.66. The van der Waals surface area contributed by atoms with Gasteiger partial charge < -0.3 is 4.90 Å². The van der Waals surface area contributed by atoms with E-state index in [4.69, 9.17) is 0 Å². The Morgan fingerprint density at radius 3 is 3.05 bits per heavy atom. The van der Waals surface area contributed by atoms with Crippen molar-refractivity contribution in [3.8, 4) is 0 Å². The predicted molar refractivity (Wildman–Crippen MR) is 95.0 cm³/mol. The molecule has 1 aromatic heterocycles. The summed E-state index contributed by atoms with van der Waals surface area (Å²) in [6.07, 6.45) is 2.35. The largest absolute Gasteiger partial charge is 0.317 e. The highest BCUT2D eigenvalue weighted by Crippen LogP contribution is 2.46. The standard InChI is InChI=1S/C17H18N2S2/c1-3-5-13-15(19-9-8-18-17(19)21-13)14-10-12-7-4-6-11(2)16(12)20-14/h4,6-7,10H,3,5,8-9H2,1-2H3. The minimum atomic E-state index is 0.940. The third-order valence-corrected chi connectivity index (χ3v) is 6.47. The zero-order valence-corrected chi connectivity index (χ0v) is 14.0. The molecule has 0 atom stereocenters. The van der Waals surface area contributed by atoms with Crippen LogP contribution in [0.2, 0.25) is 0 Å². The maximum absolute atomic E-state index is 4.65. The van der Waals surface area contributed by atoms with Crippen molar-refractivity contribution in [1.29, 1.82) is 0 Å². The number of nitrogens with zero attached hydrogens (tertiary/aromatic N) is 2. The summed E-state index contributed by atoms with van der Waals surface area (Å²) >= 11 is 3.82. The molecule has 0 amide bonds. The SMILES string of the molecule is CCCC1=C(c2cc3cccc(C)c3s2)N2CCN=C2S1. The summed E-state index contributed by atoms with van der Waals surface area (Å²) in [5.41, 5.74) is 2.81. The molecule has 0 fully saturated rings. The maximum Gasteiger partial charge on any atom is 0.168 e. The van der Waals surface area contributed by atoms with Gasteiger partial charge in [0.15, 0.2) is 5.17 Å². The van der Waals surface area contributed by atoms with Crippen LogP contribution in [0.3, 0.4) is 0 Å². The smallest absolute Gasteiger partial charge is 0.168 e. The van der Waals surface area contributed by atoms with Gasteiger partial charge in [0, 0.05) is 16.1 Å². The van der Waals surface area contributed by atoms with E-state index in [1.54, 1.807) is 0 Å². The number of hydrogen-bond donors (Lipinski definition) is 0. The number of hydrogen-bond acceptors (Lipinski definition) is 4. The highest BCUT2D eigenvalue weighted by atomic mass is 32.2. The molecule has 108 valence electrons. The van der Waals surface area contributed by atoms with Crippen molar-refractivity contribution in [2.45, 2.75) is 26.7 Å². The van der Waals surface area contributed by atoms with Crippen molar-refractivity contribution >= 4 is 44.0 Å². The van der Waals surface area contributed by atoms with Crippen molar-refractivity contribution in [3.63, 3.8) is 0 Å². The average Bonchev–Trinajstić information content (AvgIpc) is 3.12. The summed E-state index contributed by atoms with van der Waals surface area (Å²) < 4.78 is 1.42. The first-order valence-electron chi connectivity index (χ1n) is 7.50. The number of fused-ring (bicyclic) bond motifs is 2. The lowest BCUT2D eigenvalue weighted by Crippen LogP contribution is -2.19. The van der Waals surface area contributed by atoms with Gasteiger partial charge in [-0.1, -0.05) is 43.3 Å². The number of aryl methyl sites for hydroxylation is 1. The zero-order valence-electron chi connectivity index (χ0n) is 12.3. The fourth-order valence-electron chi connectivity index (χ4n) is 3.02. The van der Waals surface area contributed by atoms with Gasteiger partial charge in [-0.15, -0.1) is 11.3 Å². The molecule has 1 aromatic carbocycles. The van der Waals surface area contributed by atoms with Gasteiger partial charge in [0.25, 0.3) is 0 Å². The van der Waals surface area contributed by atoms with Crippen LogP contribution in [-0.2, 0) is 0 Å². The molecule has 2 aliphatic heterocycles. The fourth-order valence-corrected chi connectivity index (χ4v) is 5.59. The topological polar surface area (TPSA) is 15.6 Å². The first kappa shape index (κ1) is 13.4. The normalized spacial score (nSPS) is 17.8. The van der Waals surface area contributed by atoms with E-state index in [0.29, 0.717) is 0 Å². The van der Waals surface area contributed by atoms with Crippen LogP contribution in [0.5, 0.6) is 0 Å². The van der Waals surface area contributed by atoms with Gasteiger partial charge in [-0.2, -0.15) is 0 Å². The Kier molecular flexibility index (Phi) is 3.31. The second-order valence-electron chi connectivity index (χ2n) is 5.54. The highest BCUT2D eigenvalue weighted by Gasteiger charge is 2.33. The summed E-state index contributed by atoms with van der Waals surface area (Å²) in [4.78, 5) is 9.98. The second kappa shape index (κ2) is 5.18. The molecule has 0 radical (unpaired) electrons. The number of aliphatic imine (C=N–C) groups is 1. The van der Waals surface area contributed by atoms with E-state index >= 15 is 0 Å². The van der Waals surface area contributed by atoms with Gasteiger partial charge in [-0.05, 0) is 30.4 Å². The molecular weight excluding hydrogens is 296 g/mol. The lowest BCUT2D eigenvalue weighted by atomic mass is 10.1. The first-order chi connectivity index (χ1) is 10.3. The van der Waals surface area contributed by atoms with Crippen molar-refractivity contribution in [2.75, 3.05) is 13.1 Å². The molecule has 21 heavy (non-hydrogen) atoms. The third kappa shape index (κ3) is 2.12. The Hall–Kier alpha value is -1.26. The van der Waals surface area contributed by atoms with Gasteiger partial charge in [0.1, 0.15) is 0 Å². The Morgan fingerprint density at radius 1 is 1.33 bits per heavy atom. The van der Waals surface area contributed by atoms with Crippen LogP contribution in [0, 0.1) is 6.92 Å². The Morgan fingerprint density at radius 2 is 2.24 bits per heavy atom. The van der Waals surface area contributed by atoms with Gasteiger partial charge in [-0.25, -0.2) is 0 Å². The van der Waals surface area contributed by atoms with Crippen LogP contribution in [0.1, 0.15) is 30.2 Å². The maximum atomic E-state index is 4.65. The molecule has 0 spiro atoms. The van der Waals surface area contributed by atoms with Crippen LogP contribution in [0.15, 0.2) is 34.2 Å². The van der Waals surface area contributed by atoms with Crippen molar-refractivity contribution < 1.29 is 0 Å². The summed E-state index contributed by atoms with van der Waals surface area (Å²) in [6, 6.07) is 8.95. The minimum Gasteiger partial charge on any atom is -0.317 e. The van der Waals surface area contributed by atoms with Crippen molar-refractivity contribution in [2.24, 2.45) is 4.99 Å². The fraction of sp³-hybridized carbons (Fsp3) is 0.353. The lowest BCUT2D eigenvalue weighted by Gasteiger charge is -2.15. The molecular formula is C17H18N2S2. The van der Waals surface area contributed by atoms with Crippen molar-refractivity contribution in [1.82, 2.24) is 4.90 Å². The monoisotopic (exact) mass is 314 g/mol. The van der Waals surface area contributed by atoms with Crippen molar-refractivity contribution in [3.05, 3.63) is 39.6 Å².